The summed E-state index contributed by atoms with van der Waals surface area (Å²) in [5.41, 5.74) is 0. The van der Waals surface area contributed by atoms with Crippen molar-refractivity contribution in [2.24, 2.45) is 0 Å². The zero-order valence-corrected chi connectivity index (χ0v) is 29.4. The van der Waals surface area contributed by atoms with E-state index in [1.54, 1.807) is 0 Å². The molecule has 9 heteroatoms. The van der Waals surface area contributed by atoms with Crippen molar-refractivity contribution in [3.8, 4) is 0 Å². The van der Waals surface area contributed by atoms with Gasteiger partial charge in [0.25, 0.3) is 0 Å². The van der Waals surface area contributed by atoms with E-state index in [2.05, 4.69) is 54.8 Å². The molecule has 8 nitrogen and oxygen atoms in total. The molecule has 0 aliphatic rings. The van der Waals surface area contributed by atoms with Gasteiger partial charge in [-0.15, -0.1) is 0 Å². The van der Waals surface area contributed by atoms with Crippen LogP contribution in [0.4, 0.5) is 0 Å². The number of unbranched alkanes of at least 4 members (excludes halogenated alkanes) is 16. The van der Waals surface area contributed by atoms with Gasteiger partial charge < -0.3 is 19.3 Å². The Balaban J connectivity index is 4.07. The number of esters is 2. The number of hydrogen-bond donors (Lipinski definition) is 2. The highest BCUT2D eigenvalue weighted by Crippen LogP contribution is 2.35. The van der Waals surface area contributed by atoms with Crippen molar-refractivity contribution >= 4 is 19.8 Å². The molecule has 262 valence electrons. The average molecular weight is 657 g/mol. The van der Waals surface area contributed by atoms with Gasteiger partial charge in [0.1, 0.15) is 6.61 Å². The molecule has 1 atom stereocenters. The number of rotatable bonds is 32. The molecule has 0 radical (unpaired) electrons. The molecule has 0 spiro atoms. The van der Waals surface area contributed by atoms with Crippen LogP contribution < -0.4 is 0 Å². The molecule has 0 aromatic heterocycles. The first-order valence-electron chi connectivity index (χ1n) is 17.8. The van der Waals surface area contributed by atoms with Gasteiger partial charge in [0.15, 0.2) is 6.10 Å². The molecule has 0 fully saturated rings. The summed E-state index contributed by atoms with van der Waals surface area (Å²) in [6, 6.07) is 0. The summed E-state index contributed by atoms with van der Waals surface area (Å²) in [6.45, 7) is 3.60. The Morgan fingerprint density at radius 2 is 1.00 bits per heavy atom. The summed E-state index contributed by atoms with van der Waals surface area (Å²) in [4.78, 5) is 42.6. The van der Waals surface area contributed by atoms with E-state index in [-0.39, 0.29) is 19.4 Å². The highest BCUT2D eigenvalue weighted by atomic mass is 31.2. The molecule has 0 aromatic rings. The summed E-state index contributed by atoms with van der Waals surface area (Å²) < 4.78 is 26.2. The van der Waals surface area contributed by atoms with Crippen molar-refractivity contribution < 1.29 is 37.9 Å². The van der Waals surface area contributed by atoms with Gasteiger partial charge in [-0.05, 0) is 51.4 Å². The van der Waals surface area contributed by atoms with Gasteiger partial charge in [-0.1, -0.05) is 134 Å². The van der Waals surface area contributed by atoms with Crippen LogP contribution in [-0.4, -0.2) is 41.0 Å². The zero-order chi connectivity index (χ0) is 33.3. The smallest absolute Gasteiger partial charge is 0.462 e. The van der Waals surface area contributed by atoms with Crippen LogP contribution >= 0.6 is 7.82 Å². The van der Waals surface area contributed by atoms with E-state index in [4.69, 9.17) is 19.3 Å². The summed E-state index contributed by atoms with van der Waals surface area (Å²) >= 11 is 0. The molecule has 45 heavy (non-hydrogen) atoms. The van der Waals surface area contributed by atoms with Crippen LogP contribution in [0.15, 0.2) is 36.5 Å². The standard InChI is InChI=1S/C36H65O8P/c1-3-5-7-9-11-13-15-17-18-19-21-23-25-27-29-31-36(38)44-34(33-43-45(39,40)41)32-42-35(37)30-28-26-24-22-20-16-14-12-10-8-6-4-2/h11,13,17-18,21,23,34H,3-10,12,14-16,19-20,22,24-33H2,1-2H3,(H2,39,40,41)/b13-11+,18-17+,23-21+/t34-/m1/s1. The first-order chi connectivity index (χ1) is 21.8. The highest BCUT2D eigenvalue weighted by Gasteiger charge is 2.22. The Morgan fingerprint density at radius 3 is 1.53 bits per heavy atom. The monoisotopic (exact) mass is 656 g/mol. The Bertz CT molecular complexity index is 833. The third-order valence-corrected chi connectivity index (χ3v) is 7.90. The van der Waals surface area contributed by atoms with Gasteiger partial charge in [0.2, 0.25) is 0 Å². The number of allylic oxidation sites excluding steroid dienone is 6. The quantitative estimate of drug-likeness (QED) is 0.0318. The van der Waals surface area contributed by atoms with Crippen molar-refractivity contribution in [3.63, 3.8) is 0 Å². The number of ether oxygens (including phenoxy) is 2. The molecule has 0 rings (SSSR count). The number of phosphoric ester groups is 1. The van der Waals surface area contributed by atoms with Crippen LogP contribution in [0.25, 0.3) is 0 Å². The summed E-state index contributed by atoms with van der Waals surface area (Å²) in [6.07, 6.45) is 35.8. The molecule has 0 aliphatic heterocycles. The van der Waals surface area contributed by atoms with Crippen LogP contribution in [0, 0.1) is 0 Å². The van der Waals surface area contributed by atoms with E-state index in [1.165, 1.54) is 77.0 Å². The van der Waals surface area contributed by atoms with Crippen molar-refractivity contribution in [1.82, 2.24) is 0 Å². The van der Waals surface area contributed by atoms with E-state index < -0.39 is 32.5 Å². The molecular formula is C36H65O8P. The van der Waals surface area contributed by atoms with E-state index in [0.29, 0.717) is 6.42 Å². The molecule has 0 unspecified atom stereocenters. The Labute approximate surface area is 274 Å². The Morgan fingerprint density at radius 1 is 0.578 bits per heavy atom. The molecule has 0 aromatic carbocycles. The molecule has 2 N–H and O–H groups in total. The van der Waals surface area contributed by atoms with E-state index >= 15 is 0 Å². The van der Waals surface area contributed by atoms with Gasteiger partial charge >= 0.3 is 19.8 Å². The Hall–Kier alpha value is -1.73. The van der Waals surface area contributed by atoms with Crippen LogP contribution in [0.5, 0.6) is 0 Å². The molecule has 0 saturated carbocycles. The fraction of sp³-hybridized carbons (Fsp3) is 0.778. The summed E-state index contributed by atoms with van der Waals surface area (Å²) in [5.74, 6) is -0.930. The second-order valence-electron chi connectivity index (χ2n) is 11.8. The fourth-order valence-electron chi connectivity index (χ4n) is 4.73. The van der Waals surface area contributed by atoms with Crippen molar-refractivity contribution in [2.75, 3.05) is 13.2 Å². The van der Waals surface area contributed by atoms with Gasteiger partial charge in [-0.25, -0.2) is 4.57 Å². The SMILES string of the molecule is CCCCC/C=C/C/C=C/C/C=C/CCCCC(=O)O[C@H](COC(=O)CCCCCCCCCCCCCC)COP(=O)(O)O. The lowest BCUT2D eigenvalue weighted by Crippen LogP contribution is -2.29. The molecular weight excluding hydrogens is 591 g/mol. The van der Waals surface area contributed by atoms with Crippen LogP contribution in [0.2, 0.25) is 0 Å². The largest absolute Gasteiger partial charge is 0.469 e. The maximum Gasteiger partial charge on any atom is 0.469 e. The van der Waals surface area contributed by atoms with Gasteiger partial charge in [-0.3, -0.25) is 14.1 Å². The van der Waals surface area contributed by atoms with E-state index in [0.717, 1.165) is 51.4 Å². The Kier molecular flexibility index (Phi) is 31.0. The minimum absolute atomic E-state index is 0.164. The number of carbonyl (C=O) groups is 2. The van der Waals surface area contributed by atoms with Crippen molar-refractivity contribution in [3.05, 3.63) is 36.5 Å². The number of phosphoric acid groups is 1. The lowest BCUT2D eigenvalue weighted by Gasteiger charge is -2.18. The lowest BCUT2D eigenvalue weighted by atomic mass is 10.0. The zero-order valence-electron chi connectivity index (χ0n) is 28.5. The van der Waals surface area contributed by atoms with Gasteiger partial charge in [0.05, 0.1) is 6.61 Å². The summed E-state index contributed by atoms with van der Waals surface area (Å²) in [7, 11) is -4.75. The predicted molar refractivity (Wildman–Crippen MR) is 184 cm³/mol. The first-order valence-corrected chi connectivity index (χ1v) is 19.3. The normalized spacial score (nSPS) is 12.9. The van der Waals surface area contributed by atoms with E-state index in [9.17, 15) is 14.2 Å². The molecule has 0 bridgehead atoms. The average Bonchev–Trinajstić information content (AvgIpc) is 3.00. The third-order valence-electron chi connectivity index (χ3n) is 7.41. The number of hydrogen-bond acceptors (Lipinski definition) is 6. The van der Waals surface area contributed by atoms with E-state index in [1.807, 2.05) is 0 Å². The van der Waals surface area contributed by atoms with Gasteiger partial charge in [0, 0.05) is 12.8 Å². The minimum atomic E-state index is -4.75. The first kappa shape index (κ1) is 43.3. The van der Waals surface area contributed by atoms with Crippen molar-refractivity contribution in [2.45, 2.75) is 168 Å². The van der Waals surface area contributed by atoms with Crippen LogP contribution in [-0.2, 0) is 28.2 Å². The lowest BCUT2D eigenvalue weighted by molar-refractivity contribution is -0.161. The van der Waals surface area contributed by atoms with Crippen LogP contribution in [0.1, 0.15) is 162 Å². The van der Waals surface area contributed by atoms with Crippen LogP contribution in [0.3, 0.4) is 0 Å². The molecule has 0 aliphatic carbocycles. The topological polar surface area (TPSA) is 119 Å². The maximum atomic E-state index is 12.3. The third kappa shape index (κ3) is 35.0. The minimum Gasteiger partial charge on any atom is -0.462 e. The molecule has 0 saturated heterocycles. The highest BCUT2D eigenvalue weighted by molar-refractivity contribution is 7.46. The second-order valence-corrected chi connectivity index (χ2v) is 13.1. The predicted octanol–water partition coefficient (Wildman–Crippen LogP) is 10.2. The number of carbonyl (C=O) groups excluding carboxylic acids is 2. The second kappa shape index (κ2) is 32.2. The molecule has 0 heterocycles. The molecule has 0 amide bonds. The van der Waals surface area contributed by atoms with Gasteiger partial charge in [-0.2, -0.15) is 0 Å². The fourth-order valence-corrected chi connectivity index (χ4v) is 5.09. The maximum absolute atomic E-state index is 12.3. The van der Waals surface area contributed by atoms with Crippen molar-refractivity contribution in [1.29, 1.82) is 0 Å². The summed E-state index contributed by atoms with van der Waals surface area (Å²) in [5, 5.41) is 0.